The predicted molar refractivity (Wildman–Crippen MR) is 89.4 cm³/mol. The van der Waals surface area contributed by atoms with Gasteiger partial charge in [0.25, 0.3) is 0 Å². The predicted octanol–water partition coefficient (Wildman–Crippen LogP) is 4.98. The molecule has 0 unspecified atom stereocenters. The van der Waals surface area contributed by atoms with Crippen molar-refractivity contribution in [3.05, 3.63) is 94.0 Å². The topological polar surface area (TPSA) is 17.1 Å². The van der Waals surface area contributed by atoms with Crippen LogP contribution in [0.1, 0.15) is 27.4 Å². The van der Waals surface area contributed by atoms with Gasteiger partial charge in [-0.05, 0) is 47.7 Å². The summed E-state index contributed by atoms with van der Waals surface area (Å²) < 4.78 is 0. The molecule has 0 amide bonds. The highest BCUT2D eigenvalue weighted by Crippen LogP contribution is 2.42. The minimum absolute atomic E-state index is 0.0716. The molecule has 1 nitrogen and oxygen atoms in total. The number of carbonyl (C=O) groups excluding carboxylic acids is 1. The fourth-order valence-electron chi connectivity index (χ4n) is 3.48. The molecule has 2 aromatic carbocycles. The lowest BCUT2D eigenvalue weighted by Crippen LogP contribution is -2.12. The van der Waals surface area contributed by atoms with Crippen LogP contribution >= 0.6 is 11.6 Å². The first-order valence-corrected chi connectivity index (χ1v) is 7.88. The Morgan fingerprint density at radius 1 is 1.05 bits per heavy atom. The van der Waals surface area contributed by atoms with E-state index in [9.17, 15) is 4.79 Å². The van der Waals surface area contributed by atoms with E-state index in [1.54, 1.807) is 24.3 Å². The highest BCUT2D eigenvalue weighted by atomic mass is 35.5. The Bertz CT molecular complexity index is 799. The van der Waals surface area contributed by atoms with Gasteiger partial charge >= 0.3 is 0 Å². The van der Waals surface area contributed by atoms with Gasteiger partial charge in [0.1, 0.15) is 0 Å². The number of benzene rings is 2. The summed E-state index contributed by atoms with van der Waals surface area (Å²) in [6, 6.07) is 15.7. The number of carbonyl (C=O) groups is 1. The van der Waals surface area contributed by atoms with Crippen LogP contribution in [0.4, 0.5) is 0 Å². The Labute approximate surface area is 134 Å². The van der Waals surface area contributed by atoms with Gasteiger partial charge in [-0.2, -0.15) is 0 Å². The second-order valence-corrected chi connectivity index (χ2v) is 6.35. The first-order valence-electron chi connectivity index (χ1n) is 7.50. The molecule has 108 valence electrons. The summed E-state index contributed by atoms with van der Waals surface area (Å²) >= 11 is 5.89. The Morgan fingerprint density at radius 3 is 2.64 bits per heavy atom. The molecule has 0 bridgehead atoms. The van der Waals surface area contributed by atoms with E-state index in [-0.39, 0.29) is 5.78 Å². The molecule has 2 aromatic rings. The average molecular weight is 307 g/mol. The molecule has 0 aliphatic heterocycles. The van der Waals surface area contributed by atoms with Crippen molar-refractivity contribution in [3.63, 3.8) is 0 Å². The van der Waals surface area contributed by atoms with Crippen molar-refractivity contribution in [2.75, 3.05) is 0 Å². The first-order chi connectivity index (χ1) is 10.7. The SMILES string of the molecule is O=C(C1=C[C@H]2Cc3ccccc3[C@@H]2C=C1)c1ccc(Cl)cc1. The zero-order valence-electron chi connectivity index (χ0n) is 12.0. The largest absolute Gasteiger partial charge is 0.289 e. The zero-order valence-corrected chi connectivity index (χ0v) is 12.8. The maximum absolute atomic E-state index is 12.6. The fourth-order valence-corrected chi connectivity index (χ4v) is 3.60. The molecule has 2 aliphatic carbocycles. The molecule has 2 atom stereocenters. The van der Waals surface area contributed by atoms with E-state index in [4.69, 9.17) is 11.6 Å². The summed E-state index contributed by atoms with van der Waals surface area (Å²) in [6.07, 6.45) is 7.31. The first kappa shape index (κ1) is 13.5. The number of fused-ring (bicyclic) bond motifs is 3. The third-order valence-corrected chi connectivity index (χ3v) is 4.83. The van der Waals surface area contributed by atoms with Gasteiger partial charge in [-0.15, -0.1) is 0 Å². The molecule has 2 aliphatic rings. The molecule has 0 N–H and O–H groups in total. The number of Topliss-reactive ketones (excluding diaryl/α,β-unsaturated/α-hetero) is 1. The lowest BCUT2D eigenvalue weighted by atomic mass is 9.84. The van der Waals surface area contributed by atoms with Crippen molar-refractivity contribution in [2.24, 2.45) is 5.92 Å². The maximum atomic E-state index is 12.6. The van der Waals surface area contributed by atoms with Crippen LogP contribution in [0.5, 0.6) is 0 Å². The maximum Gasteiger partial charge on any atom is 0.192 e. The van der Waals surface area contributed by atoms with Crippen molar-refractivity contribution in [1.82, 2.24) is 0 Å². The molecule has 22 heavy (non-hydrogen) atoms. The summed E-state index contributed by atoms with van der Waals surface area (Å²) in [5.41, 5.74) is 4.28. The van der Waals surface area contributed by atoms with E-state index in [2.05, 4.69) is 36.4 Å². The summed E-state index contributed by atoms with van der Waals surface area (Å²) in [5, 5.41) is 0.649. The van der Waals surface area contributed by atoms with Gasteiger partial charge in [-0.3, -0.25) is 4.79 Å². The highest BCUT2D eigenvalue weighted by Gasteiger charge is 2.31. The van der Waals surface area contributed by atoms with E-state index >= 15 is 0 Å². The Kier molecular flexibility index (Phi) is 3.24. The van der Waals surface area contributed by atoms with Crippen LogP contribution in [0, 0.1) is 5.92 Å². The van der Waals surface area contributed by atoms with Crippen molar-refractivity contribution < 1.29 is 4.79 Å². The van der Waals surface area contributed by atoms with Gasteiger partial charge in [0.15, 0.2) is 5.78 Å². The van der Waals surface area contributed by atoms with Gasteiger partial charge in [0, 0.05) is 22.1 Å². The lowest BCUT2D eigenvalue weighted by Gasteiger charge is -2.19. The molecule has 0 spiro atoms. The second kappa shape index (κ2) is 5.26. The van der Waals surface area contributed by atoms with Crippen LogP contribution < -0.4 is 0 Å². The number of allylic oxidation sites excluding steroid dienone is 4. The van der Waals surface area contributed by atoms with Gasteiger partial charge in [-0.1, -0.05) is 54.1 Å². The van der Waals surface area contributed by atoms with Crippen LogP contribution in [0.3, 0.4) is 0 Å². The molecule has 2 heteroatoms. The van der Waals surface area contributed by atoms with E-state index < -0.39 is 0 Å². The molecule has 0 aromatic heterocycles. The van der Waals surface area contributed by atoms with Gasteiger partial charge in [0.05, 0.1) is 0 Å². The van der Waals surface area contributed by atoms with Crippen LogP contribution in [-0.4, -0.2) is 5.78 Å². The van der Waals surface area contributed by atoms with Crippen molar-refractivity contribution in [3.8, 4) is 0 Å². The Balaban J connectivity index is 1.63. The number of hydrogen-bond acceptors (Lipinski definition) is 1. The van der Waals surface area contributed by atoms with Gasteiger partial charge in [-0.25, -0.2) is 0 Å². The van der Waals surface area contributed by atoms with Crippen molar-refractivity contribution >= 4 is 17.4 Å². The fraction of sp³-hybridized carbons (Fsp3) is 0.150. The Hall–Kier alpha value is -2.12. The number of halogens is 1. The standard InChI is InChI=1S/C20H15ClO/c21-17-8-5-13(6-9-17)20(22)15-7-10-19-16(12-15)11-14-3-1-2-4-18(14)19/h1-10,12,16,19H,11H2/t16-,19-/m1/s1. The smallest absolute Gasteiger partial charge is 0.192 e. The van der Waals surface area contributed by atoms with Crippen LogP contribution in [0.25, 0.3) is 0 Å². The second-order valence-electron chi connectivity index (χ2n) is 5.91. The monoisotopic (exact) mass is 306 g/mol. The number of hydrogen-bond donors (Lipinski definition) is 0. The van der Waals surface area contributed by atoms with E-state index in [1.807, 2.05) is 6.08 Å². The normalized spacial score (nSPS) is 22.0. The highest BCUT2D eigenvalue weighted by molar-refractivity contribution is 6.30. The summed E-state index contributed by atoms with van der Waals surface area (Å²) in [4.78, 5) is 12.6. The summed E-state index contributed by atoms with van der Waals surface area (Å²) in [6.45, 7) is 0. The molecule has 0 saturated heterocycles. The van der Waals surface area contributed by atoms with Crippen LogP contribution in [0.2, 0.25) is 5.02 Å². The number of ketones is 1. The number of rotatable bonds is 2. The molecule has 0 fully saturated rings. The zero-order chi connectivity index (χ0) is 15.1. The molecule has 0 heterocycles. The van der Waals surface area contributed by atoms with E-state index in [0.717, 1.165) is 12.0 Å². The van der Waals surface area contributed by atoms with Crippen LogP contribution in [-0.2, 0) is 6.42 Å². The quantitative estimate of drug-likeness (QED) is 0.716. The van der Waals surface area contributed by atoms with E-state index in [0.29, 0.717) is 22.4 Å². The molecule has 4 rings (SSSR count). The molecule has 0 saturated carbocycles. The van der Waals surface area contributed by atoms with Crippen LogP contribution in [0.15, 0.2) is 72.3 Å². The summed E-state index contributed by atoms with van der Waals surface area (Å²) in [5.74, 6) is 0.883. The average Bonchev–Trinajstić information content (AvgIpc) is 2.92. The Morgan fingerprint density at radius 2 is 1.82 bits per heavy atom. The third-order valence-electron chi connectivity index (χ3n) is 4.58. The van der Waals surface area contributed by atoms with E-state index in [1.165, 1.54) is 11.1 Å². The molecular weight excluding hydrogens is 292 g/mol. The minimum Gasteiger partial charge on any atom is -0.289 e. The summed E-state index contributed by atoms with van der Waals surface area (Å²) in [7, 11) is 0. The minimum atomic E-state index is 0.0716. The lowest BCUT2D eigenvalue weighted by molar-refractivity contribution is 0.103. The van der Waals surface area contributed by atoms with Crippen molar-refractivity contribution in [2.45, 2.75) is 12.3 Å². The third kappa shape index (κ3) is 2.22. The van der Waals surface area contributed by atoms with Crippen molar-refractivity contribution in [1.29, 1.82) is 0 Å². The molecule has 0 radical (unpaired) electrons. The van der Waals surface area contributed by atoms with Gasteiger partial charge < -0.3 is 0 Å². The van der Waals surface area contributed by atoms with Gasteiger partial charge in [0.2, 0.25) is 0 Å². The molecular formula is C20H15ClO.